The first-order valence-electron chi connectivity index (χ1n) is 10.4. The number of amides is 3. The second kappa shape index (κ2) is 8.19. The summed E-state index contributed by atoms with van der Waals surface area (Å²) >= 11 is 0. The summed E-state index contributed by atoms with van der Waals surface area (Å²) in [5, 5.41) is 10.7. The molecule has 7 nitrogen and oxygen atoms in total. The van der Waals surface area contributed by atoms with E-state index in [1.807, 2.05) is 66.8 Å². The van der Waals surface area contributed by atoms with Gasteiger partial charge in [0.1, 0.15) is 5.92 Å². The van der Waals surface area contributed by atoms with Crippen LogP contribution in [0.2, 0.25) is 0 Å². The molecule has 1 N–H and O–H groups in total. The SMILES string of the molecule is O=C1N=NC(c2ccc(NC(=O)C3CCN(c4ccccc4)C3=O)cc2)=C2C=CC=CC12. The Morgan fingerprint density at radius 3 is 2.53 bits per heavy atom. The number of hydrogen-bond donors (Lipinski definition) is 1. The molecule has 0 saturated carbocycles. The van der Waals surface area contributed by atoms with Crippen LogP contribution in [0.5, 0.6) is 0 Å². The zero-order valence-electron chi connectivity index (χ0n) is 17.1. The molecule has 7 heteroatoms. The molecule has 1 fully saturated rings. The summed E-state index contributed by atoms with van der Waals surface area (Å²) in [4.78, 5) is 39.2. The molecule has 2 atom stereocenters. The summed E-state index contributed by atoms with van der Waals surface area (Å²) in [7, 11) is 0. The van der Waals surface area contributed by atoms with Crippen molar-refractivity contribution in [1.29, 1.82) is 0 Å². The van der Waals surface area contributed by atoms with Crippen LogP contribution in [0.3, 0.4) is 0 Å². The lowest BCUT2D eigenvalue weighted by molar-refractivity contribution is -0.129. The van der Waals surface area contributed by atoms with E-state index < -0.39 is 11.8 Å². The summed E-state index contributed by atoms with van der Waals surface area (Å²) in [6, 6.07) is 16.5. The summed E-state index contributed by atoms with van der Waals surface area (Å²) in [5.74, 6) is -1.90. The summed E-state index contributed by atoms with van der Waals surface area (Å²) in [5.41, 5.74) is 3.64. The maximum absolute atomic E-state index is 12.8. The van der Waals surface area contributed by atoms with Crippen LogP contribution in [-0.2, 0) is 14.4 Å². The van der Waals surface area contributed by atoms with E-state index in [9.17, 15) is 14.4 Å². The lowest BCUT2D eigenvalue weighted by atomic mass is 9.89. The third-order valence-electron chi connectivity index (χ3n) is 5.83. The van der Waals surface area contributed by atoms with Crippen LogP contribution in [0, 0.1) is 11.8 Å². The topological polar surface area (TPSA) is 91.2 Å². The largest absolute Gasteiger partial charge is 0.325 e. The van der Waals surface area contributed by atoms with E-state index in [-0.39, 0.29) is 17.7 Å². The summed E-state index contributed by atoms with van der Waals surface area (Å²) in [6.45, 7) is 0.518. The molecule has 0 radical (unpaired) electrons. The van der Waals surface area contributed by atoms with Crippen molar-refractivity contribution in [2.45, 2.75) is 6.42 Å². The highest BCUT2D eigenvalue weighted by atomic mass is 16.2. The maximum Gasteiger partial charge on any atom is 0.276 e. The third-order valence-corrected chi connectivity index (χ3v) is 5.83. The quantitative estimate of drug-likeness (QED) is 0.749. The lowest BCUT2D eigenvalue weighted by Crippen LogP contribution is -2.33. The van der Waals surface area contributed by atoms with E-state index in [2.05, 4.69) is 15.5 Å². The van der Waals surface area contributed by atoms with Gasteiger partial charge in [-0.25, -0.2) is 0 Å². The van der Waals surface area contributed by atoms with Gasteiger partial charge in [0.05, 0.1) is 11.6 Å². The van der Waals surface area contributed by atoms with E-state index in [4.69, 9.17) is 0 Å². The number of nitrogens with zero attached hydrogens (tertiary/aromatic N) is 3. The van der Waals surface area contributed by atoms with E-state index >= 15 is 0 Å². The number of carbonyl (C=O) groups is 3. The molecule has 32 heavy (non-hydrogen) atoms. The van der Waals surface area contributed by atoms with Crippen LogP contribution < -0.4 is 10.2 Å². The molecule has 2 aromatic rings. The van der Waals surface area contributed by atoms with Gasteiger partial charge in [-0.2, -0.15) is 0 Å². The molecule has 5 rings (SSSR count). The smallest absolute Gasteiger partial charge is 0.276 e. The standard InChI is InChI=1S/C25H20N4O3/c30-23(21-14-15-29(25(21)32)18-6-2-1-3-7-18)26-17-12-10-16(11-13-17)22-19-8-4-5-9-20(19)24(31)28-27-22/h1-13,20-21H,14-15H2,(H,26,30). The maximum atomic E-state index is 12.8. The molecule has 0 bridgehead atoms. The highest BCUT2D eigenvalue weighted by Crippen LogP contribution is 2.34. The molecular weight excluding hydrogens is 404 g/mol. The van der Waals surface area contributed by atoms with Gasteiger partial charge in [-0.3, -0.25) is 14.4 Å². The van der Waals surface area contributed by atoms with Gasteiger partial charge in [0, 0.05) is 23.5 Å². The van der Waals surface area contributed by atoms with Crippen molar-refractivity contribution in [1.82, 2.24) is 0 Å². The van der Waals surface area contributed by atoms with Crippen molar-refractivity contribution in [3.63, 3.8) is 0 Å². The van der Waals surface area contributed by atoms with Gasteiger partial charge >= 0.3 is 0 Å². The minimum absolute atomic E-state index is 0.187. The molecular formula is C25H20N4O3. The Morgan fingerprint density at radius 1 is 0.969 bits per heavy atom. The predicted molar refractivity (Wildman–Crippen MR) is 121 cm³/mol. The second-order valence-electron chi connectivity index (χ2n) is 7.80. The number of anilines is 2. The number of para-hydroxylation sites is 1. The van der Waals surface area contributed by atoms with Gasteiger partial charge in [0.2, 0.25) is 11.8 Å². The molecule has 2 aromatic carbocycles. The van der Waals surface area contributed by atoms with Crippen molar-refractivity contribution in [3.05, 3.63) is 90.0 Å². The average molecular weight is 424 g/mol. The Balaban J connectivity index is 1.29. The zero-order chi connectivity index (χ0) is 22.1. The molecule has 158 valence electrons. The minimum atomic E-state index is -0.710. The fraction of sp³-hybridized carbons (Fsp3) is 0.160. The minimum Gasteiger partial charge on any atom is -0.325 e. The molecule has 2 aliphatic heterocycles. The van der Waals surface area contributed by atoms with Crippen LogP contribution >= 0.6 is 0 Å². The Kier molecular flexibility index (Phi) is 5.07. The molecule has 3 aliphatic rings. The molecule has 0 spiro atoms. The normalized spacial score (nSPS) is 21.8. The molecule has 0 aromatic heterocycles. The van der Waals surface area contributed by atoms with Crippen molar-refractivity contribution in [2.75, 3.05) is 16.8 Å². The molecule has 2 unspecified atom stereocenters. The molecule has 2 heterocycles. The number of hydrogen-bond acceptors (Lipinski definition) is 4. The number of fused-ring (bicyclic) bond motifs is 1. The highest BCUT2D eigenvalue weighted by Gasteiger charge is 2.37. The van der Waals surface area contributed by atoms with E-state index in [0.29, 0.717) is 24.4 Å². The van der Waals surface area contributed by atoms with Gasteiger partial charge in [0.15, 0.2) is 0 Å². The van der Waals surface area contributed by atoms with Crippen molar-refractivity contribution >= 4 is 34.8 Å². The Morgan fingerprint density at radius 2 is 1.75 bits per heavy atom. The average Bonchev–Trinajstić information content (AvgIpc) is 3.22. The first-order valence-corrected chi connectivity index (χ1v) is 10.4. The number of azo groups is 1. The Bertz CT molecular complexity index is 1210. The van der Waals surface area contributed by atoms with Gasteiger partial charge in [-0.1, -0.05) is 54.6 Å². The summed E-state index contributed by atoms with van der Waals surface area (Å²) < 4.78 is 0. The first-order chi connectivity index (χ1) is 15.6. The lowest BCUT2D eigenvalue weighted by Gasteiger charge is -2.19. The molecule has 3 amide bonds. The Hall–Kier alpha value is -4.13. The zero-order valence-corrected chi connectivity index (χ0v) is 17.1. The van der Waals surface area contributed by atoms with Gasteiger partial charge in [0.25, 0.3) is 5.91 Å². The fourth-order valence-electron chi connectivity index (χ4n) is 4.16. The monoisotopic (exact) mass is 424 g/mol. The van der Waals surface area contributed by atoms with E-state index in [1.165, 1.54) is 0 Å². The summed E-state index contributed by atoms with van der Waals surface area (Å²) in [6.07, 6.45) is 7.85. The van der Waals surface area contributed by atoms with Crippen LogP contribution in [-0.4, -0.2) is 24.3 Å². The van der Waals surface area contributed by atoms with E-state index in [1.54, 1.807) is 17.0 Å². The van der Waals surface area contributed by atoms with Crippen LogP contribution in [0.1, 0.15) is 12.0 Å². The third kappa shape index (κ3) is 3.58. The number of allylic oxidation sites excluding steroid dienone is 3. The van der Waals surface area contributed by atoms with Crippen LogP contribution in [0.25, 0.3) is 5.70 Å². The fourth-order valence-corrected chi connectivity index (χ4v) is 4.16. The van der Waals surface area contributed by atoms with Crippen molar-refractivity contribution in [3.8, 4) is 0 Å². The molecule has 1 aliphatic carbocycles. The van der Waals surface area contributed by atoms with Crippen LogP contribution in [0.15, 0.2) is 94.7 Å². The van der Waals surface area contributed by atoms with E-state index in [0.717, 1.165) is 16.8 Å². The van der Waals surface area contributed by atoms with Gasteiger partial charge in [-0.15, -0.1) is 10.2 Å². The molecule has 1 saturated heterocycles. The van der Waals surface area contributed by atoms with Crippen molar-refractivity contribution in [2.24, 2.45) is 22.1 Å². The van der Waals surface area contributed by atoms with Crippen LogP contribution in [0.4, 0.5) is 11.4 Å². The van der Waals surface area contributed by atoms with Crippen molar-refractivity contribution < 1.29 is 14.4 Å². The Labute approximate surface area is 184 Å². The first kappa shape index (κ1) is 19.8. The number of benzene rings is 2. The number of carbonyl (C=O) groups excluding carboxylic acids is 3. The number of rotatable bonds is 4. The van der Waals surface area contributed by atoms with Gasteiger partial charge in [-0.05, 0) is 36.3 Å². The second-order valence-corrected chi connectivity index (χ2v) is 7.80. The van der Waals surface area contributed by atoms with Gasteiger partial charge < -0.3 is 10.2 Å². The number of nitrogens with one attached hydrogen (secondary N) is 1. The predicted octanol–water partition coefficient (Wildman–Crippen LogP) is 4.12. The highest BCUT2D eigenvalue weighted by molar-refractivity contribution is 6.13.